The lowest BCUT2D eigenvalue weighted by Crippen LogP contribution is -2.44. The molecule has 2 aromatic rings. The van der Waals surface area contributed by atoms with Crippen molar-refractivity contribution in [3.63, 3.8) is 0 Å². The highest BCUT2D eigenvalue weighted by atomic mass is 35.5. The molecule has 0 spiro atoms. The molecule has 6 nitrogen and oxygen atoms in total. The van der Waals surface area contributed by atoms with Gasteiger partial charge in [-0.1, -0.05) is 41.4 Å². The van der Waals surface area contributed by atoms with Crippen LogP contribution < -0.4 is 15.4 Å². The van der Waals surface area contributed by atoms with Gasteiger partial charge in [-0.25, -0.2) is 4.79 Å². The summed E-state index contributed by atoms with van der Waals surface area (Å²) in [5.74, 6) is -0.412. The summed E-state index contributed by atoms with van der Waals surface area (Å²) in [7, 11) is 0. The van der Waals surface area contributed by atoms with Crippen LogP contribution in [0.3, 0.4) is 0 Å². The fraction of sp³-hybridized carbons (Fsp3) is 0.333. The minimum atomic E-state index is -4.42. The zero-order valence-electron chi connectivity index (χ0n) is 17.3. The van der Waals surface area contributed by atoms with E-state index in [1.54, 1.807) is 44.2 Å². The predicted molar refractivity (Wildman–Crippen MR) is 117 cm³/mol. The molecule has 0 aliphatic rings. The summed E-state index contributed by atoms with van der Waals surface area (Å²) in [6.45, 7) is 2.06. The molecule has 11 heteroatoms. The number of rotatable bonds is 8. The van der Waals surface area contributed by atoms with Gasteiger partial charge in [-0.3, -0.25) is 4.79 Å². The largest absolute Gasteiger partial charge is 0.484 e. The first-order valence-electron chi connectivity index (χ1n) is 9.59. The Morgan fingerprint density at radius 1 is 1.09 bits per heavy atom. The second kappa shape index (κ2) is 11.3. The van der Waals surface area contributed by atoms with E-state index in [0.717, 1.165) is 0 Å². The van der Waals surface area contributed by atoms with E-state index >= 15 is 0 Å². The van der Waals surface area contributed by atoms with E-state index < -0.39 is 30.8 Å². The molecule has 1 unspecified atom stereocenters. The second-order valence-electron chi connectivity index (χ2n) is 6.80. The highest BCUT2D eigenvalue weighted by molar-refractivity contribution is 6.39. The van der Waals surface area contributed by atoms with Crippen LogP contribution in [-0.4, -0.2) is 42.7 Å². The van der Waals surface area contributed by atoms with Gasteiger partial charge in [0, 0.05) is 6.54 Å². The molecule has 0 saturated heterocycles. The first-order valence-corrected chi connectivity index (χ1v) is 10.3. The Morgan fingerprint density at radius 2 is 1.69 bits per heavy atom. The number of urea groups is 1. The molecule has 174 valence electrons. The molecule has 0 heterocycles. The highest BCUT2D eigenvalue weighted by Crippen LogP contribution is 2.29. The van der Waals surface area contributed by atoms with Crippen LogP contribution in [0, 0.1) is 0 Å². The SMILES string of the molecule is CCN(CC(=O)Nc1c(Cl)cccc1Cl)C(=O)NC(C)c1ccc(OCC(F)(F)F)cc1. The summed E-state index contributed by atoms with van der Waals surface area (Å²) in [4.78, 5) is 26.3. The topological polar surface area (TPSA) is 70.7 Å². The van der Waals surface area contributed by atoms with Gasteiger partial charge in [-0.15, -0.1) is 0 Å². The first-order chi connectivity index (χ1) is 15.0. The molecule has 0 aromatic heterocycles. The van der Waals surface area contributed by atoms with Gasteiger partial charge in [-0.2, -0.15) is 13.2 Å². The van der Waals surface area contributed by atoms with E-state index in [-0.39, 0.29) is 34.6 Å². The summed E-state index contributed by atoms with van der Waals surface area (Å²) in [6.07, 6.45) is -4.42. The van der Waals surface area contributed by atoms with Crippen molar-refractivity contribution in [1.29, 1.82) is 0 Å². The average Bonchev–Trinajstić information content (AvgIpc) is 2.73. The van der Waals surface area contributed by atoms with Crippen molar-refractivity contribution >= 4 is 40.8 Å². The fourth-order valence-corrected chi connectivity index (χ4v) is 3.17. The van der Waals surface area contributed by atoms with Crippen LogP contribution in [0.5, 0.6) is 5.75 Å². The number of para-hydroxylation sites is 1. The van der Waals surface area contributed by atoms with Gasteiger partial charge in [0.15, 0.2) is 6.61 Å². The molecule has 3 amide bonds. The number of anilines is 1. The number of halogens is 5. The van der Waals surface area contributed by atoms with E-state index in [2.05, 4.69) is 15.4 Å². The number of carbonyl (C=O) groups excluding carboxylic acids is 2. The van der Waals surface area contributed by atoms with Crippen LogP contribution in [0.1, 0.15) is 25.5 Å². The van der Waals surface area contributed by atoms with Crippen LogP contribution in [0.4, 0.5) is 23.7 Å². The molecule has 0 radical (unpaired) electrons. The number of amides is 3. The lowest BCUT2D eigenvalue weighted by atomic mass is 10.1. The van der Waals surface area contributed by atoms with E-state index in [4.69, 9.17) is 23.2 Å². The van der Waals surface area contributed by atoms with Crippen molar-refractivity contribution in [2.45, 2.75) is 26.1 Å². The number of hydrogen-bond donors (Lipinski definition) is 2. The number of hydrogen-bond acceptors (Lipinski definition) is 3. The van der Waals surface area contributed by atoms with E-state index in [1.165, 1.54) is 17.0 Å². The average molecular weight is 492 g/mol. The Balaban J connectivity index is 1.93. The third kappa shape index (κ3) is 7.80. The Kier molecular flexibility index (Phi) is 9.03. The Hall–Kier alpha value is -2.65. The van der Waals surface area contributed by atoms with Crippen molar-refractivity contribution in [3.05, 3.63) is 58.1 Å². The third-order valence-electron chi connectivity index (χ3n) is 4.35. The predicted octanol–water partition coefficient (Wildman–Crippen LogP) is 5.67. The maximum atomic E-state index is 12.6. The molecule has 0 fully saturated rings. The Bertz CT molecular complexity index is 920. The van der Waals surface area contributed by atoms with E-state index in [1.807, 2.05) is 0 Å². The van der Waals surface area contributed by atoms with Gasteiger partial charge in [0.05, 0.1) is 21.8 Å². The van der Waals surface area contributed by atoms with E-state index in [0.29, 0.717) is 5.56 Å². The second-order valence-corrected chi connectivity index (χ2v) is 7.62. The minimum absolute atomic E-state index is 0.0645. The summed E-state index contributed by atoms with van der Waals surface area (Å²) < 4.78 is 41.4. The number of nitrogens with one attached hydrogen (secondary N) is 2. The van der Waals surface area contributed by atoms with Crippen molar-refractivity contribution < 1.29 is 27.5 Å². The zero-order chi connectivity index (χ0) is 23.9. The lowest BCUT2D eigenvalue weighted by Gasteiger charge is -2.24. The number of nitrogens with zero attached hydrogens (tertiary/aromatic N) is 1. The van der Waals surface area contributed by atoms with Crippen LogP contribution >= 0.6 is 23.2 Å². The van der Waals surface area contributed by atoms with Crippen LogP contribution in [0.25, 0.3) is 0 Å². The lowest BCUT2D eigenvalue weighted by molar-refractivity contribution is -0.153. The van der Waals surface area contributed by atoms with Gasteiger partial charge in [0.2, 0.25) is 5.91 Å². The zero-order valence-corrected chi connectivity index (χ0v) is 18.8. The van der Waals surface area contributed by atoms with E-state index in [9.17, 15) is 22.8 Å². The van der Waals surface area contributed by atoms with Crippen LogP contribution in [0.2, 0.25) is 10.0 Å². The number of benzene rings is 2. The molecule has 0 saturated carbocycles. The molecule has 2 rings (SSSR count). The smallest absolute Gasteiger partial charge is 0.422 e. The van der Waals surface area contributed by atoms with Gasteiger partial charge < -0.3 is 20.3 Å². The van der Waals surface area contributed by atoms with Gasteiger partial charge in [0.1, 0.15) is 12.3 Å². The molecule has 32 heavy (non-hydrogen) atoms. The van der Waals surface area contributed by atoms with Crippen LogP contribution in [-0.2, 0) is 4.79 Å². The normalized spacial score (nSPS) is 12.1. The summed E-state index contributed by atoms with van der Waals surface area (Å²) >= 11 is 12.1. The standard InChI is InChI=1S/C21H22Cl2F3N3O3/c1-3-29(11-18(30)28-19-16(22)5-4-6-17(19)23)20(31)27-13(2)14-7-9-15(10-8-14)32-12-21(24,25)26/h4-10,13H,3,11-12H2,1-2H3,(H,27,31)(H,28,30). The minimum Gasteiger partial charge on any atom is -0.484 e. The number of alkyl halides is 3. The molecular weight excluding hydrogens is 470 g/mol. The van der Waals surface area contributed by atoms with Crippen molar-refractivity contribution in [2.24, 2.45) is 0 Å². The van der Waals surface area contributed by atoms with Crippen LogP contribution in [0.15, 0.2) is 42.5 Å². The molecule has 1 atom stereocenters. The molecule has 2 N–H and O–H groups in total. The maximum Gasteiger partial charge on any atom is 0.422 e. The van der Waals surface area contributed by atoms with Gasteiger partial charge >= 0.3 is 12.2 Å². The van der Waals surface area contributed by atoms with Gasteiger partial charge in [0.25, 0.3) is 0 Å². The summed E-state index contributed by atoms with van der Waals surface area (Å²) in [5, 5.41) is 5.89. The first kappa shape index (κ1) is 25.6. The maximum absolute atomic E-state index is 12.6. The summed E-state index contributed by atoms with van der Waals surface area (Å²) in [5.41, 5.74) is 0.916. The quantitative estimate of drug-likeness (QED) is 0.499. The molecule has 2 aromatic carbocycles. The van der Waals surface area contributed by atoms with Crippen molar-refractivity contribution in [3.8, 4) is 5.75 Å². The monoisotopic (exact) mass is 491 g/mol. The molecular formula is C21H22Cl2F3N3O3. The fourth-order valence-electron chi connectivity index (χ4n) is 2.67. The number of ether oxygens (including phenoxy) is 1. The summed E-state index contributed by atoms with van der Waals surface area (Å²) in [6, 6.07) is 9.74. The third-order valence-corrected chi connectivity index (χ3v) is 4.98. The molecule has 0 bridgehead atoms. The molecule has 0 aliphatic carbocycles. The number of likely N-dealkylation sites (N-methyl/N-ethyl adjacent to an activating group) is 1. The van der Waals surface area contributed by atoms with Crippen molar-refractivity contribution in [1.82, 2.24) is 10.2 Å². The Morgan fingerprint density at radius 3 is 2.22 bits per heavy atom. The number of carbonyl (C=O) groups is 2. The molecule has 0 aliphatic heterocycles. The Labute approximate surface area is 193 Å². The highest BCUT2D eigenvalue weighted by Gasteiger charge is 2.28. The van der Waals surface area contributed by atoms with Crippen molar-refractivity contribution in [2.75, 3.05) is 25.0 Å². The van der Waals surface area contributed by atoms with Gasteiger partial charge in [-0.05, 0) is 43.7 Å².